The van der Waals surface area contributed by atoms with Crippen molar-refractivity contribution in [2.24, 2.45) is 0 Å². The average Bonchev–Trinajstić information content (AvgIpc) is 2.77. The largest absolute Gasteiger partial charge is 0.496 e. The Labute approximate surface area is 168 Å². The molecule has 1 amide bonds. The molecule has 0 atom stereocenters. The van der Waals surface area contributed by atoms with Gasteiger partial charge in [0.15, 0.2) is 12.4 Å². The van der Waals surface area contributed by atoms with Crippen molar-refractivity contribution < 1.29 is 23.5 Å². The minimum Gasteiger partial charge on any atom is -0.496 e. The number of ketones is 1. The number of hydrogen-bond donors (Lipinski definition) is 1. The van der Waals surface area contributed by atoms with Gasteiger partial charge in [-0.3, -0.25) is 9.59 Å². The van der Waals surface area contributed by atoms with E-state index in [0.29, 0.717) is 29.2 Å². The lowest BCUT2D eigenvalue weighted by Gasteiger charge is -2.10. The van der Waals surface area contributed by atoms with E-state index < -0.39 is 5.82 Å². The molecule has 0 aliphatic heterocycles. The molecule has 0 aromatic heterocycles. The molecular weight excluding hydrogens is 373 g/mol. The Bertz CT molecular complexity index is 985. The molecule has 3 rings (SSSR count). The maximum absolute atomic E-state index is 13.0. The Morgan fingerprint density at radius 2 is 1.52 bits per heavy atom. The number of halogens is 1. The first kappa shape index (κ1) is 20.1. The van der Waals surface area contributed by atoms with Gasteiger partial charge in [0.25, 0.3) is 5.91 Å². The van der Waals surface area contributed by atoms with E-state index in [1.807, 2.05) is 24.3 Å². The fourth-order valence-corrected chi connectivity index (χ4v) is 2.71. The van der Waals surface area contributed by atoms with Gasteiger partial charge in [-0.15, -0.1) is 0 Å². The van der Waals surface area contributed by atoms with Crippen LogP contribution in [0, 0.1) is 5.82 Å². The first-order valence-corrected chi connectivity index (χ1v) is 8.98. The molecule has 0 fully saturated rings. The number of rotatable bonds is 8. The van der Waals surface area contributed by atoms with Crippen LogP contribution >= 0.6 is 0 Å². The van der Waals surface area contributed by atoms with Crippen LogP contribution in [0.4, 0.5) is 4.39 Å². The fraction of sp³-hybridized carbons (Fsp3) is 0.130. The Hall–Kier alpha value is -3.67. The molecule has 1 N–H and O–H groups in total. The van der Waals surface area contributed by atoms with E-state index in [4.69, 9.17) is 9.47 Å². The predicted octanol–water partition coefficient (Wildman–Crippen LogP) is 3.76. The molecule has 0 saturated carbocycles. The highest BCUT2D eigenvalue weighted by Gasteiger charge is 2.10. The van der Waals surface area contributed by atoms with Crippen molar-refractivity contribution in [1.29, 1.82) is 0 Å². The maximum Gasteiger partial charge on any atom is 0.258 e. The number of amides is 1. The van der Waals surface area contributed by atoms with Crippen LogP contribution in [0.25, 0.3) is 0 Å². The lowest BCUT2D eigenvalue weighted by atomic mass is 10.0. The number of carbonyl (C=O) groups excluding carboxylic acids is 2. The topological polar surface area (TPSA) is 64.6 Å². The molecular formula is C23H20FNO4. The second-order valence-electron chi connectivity index (χ2n) is 6.24. The van der Waals surface area contributed by atoms with E-state index in [1.165, 1.54) is 24.3 Å². The summed E-state index contributed by atoms with van der Waals surface area (Å²) in [5.41, 5.74) is 1.72. The van der Waals surface area contributed by atoms with Gasteiger partial charge in [0.1, 0.15) is 17.3 Å². The van der Waals surface area contributed by atoms with Crippen LogP contribution in [-0.2, 0) is 11.3 Å². The summed E-state index contributed by atoms with van der Waals surface area (Å²) in [5.74, 6) is 0.283. The number of ether oxygens (including phenoxy) is 2. The number of hydrogen-bond acceptors (Lipinski definition) is 4. The number of nitrogens with one attached hydrogen (secondary N) is 1. The number of benzene rings is 3. The van der Waals surface area contributed by atoms with Crippen LogP contribution in [0.5, 0.6) is 11.5 Å². The fourth-order valence-electron chi connectivity index (χ4n) is 2.71. The van der Waals surface area contributed by atoms with E-state index in [2.05, 4.69) is 5.32 Å². The summed E-state index contributed by atoms with van der Waals surface area (Å²) in [6, 6.07) is 19.2. The summed E-state index contributed by atoms with van der Waals surface area (Å²) in [6.07, 6.45) is 0. The van der Waals surface area contributed by atoms with Crippen molar-refractivity contribution in [2.75, 3.05) is 13.7 Å². The van der Waals surface area contributed by atoms with Crippen LogP contribution in [0.3, 0.4) is 0 Å². The van der Waals surface area contributed by atoms with Crippen molar-refractivity contribution in [3.8, 4) is 11.5 Å². The van der Waals surface area contributed by atoms with E-state index in [9.17, 15) is 14.0 Å². The van der Waals surface area contributed by atoms with Crippen molar-refractivity contribution in [3.63, 3.8) is 0 Å². The van der Waals surface area contributed by atoms with Crippen molar-refractivity contribution in [3.05, 3.63) is 95.3 Å². The molecule has 3 aromatic carbocycles. The van der Waals surface area contributed by atoms with Gasteiger partial charge in [-0.2, -0.15) is 0 Å². The molecule has 0 unspecified atom stereocenters. The van der Waals surface area contributed by atoms with Gasteiger partial charge in [0.05, 0.1) is 7.11 Å². The summed E-state index contributed by atoms with van der Waals surface area (Å²) >= 11 is 0. The molecule has 29 heavy (non-hydrogen) atoms. The minimum atomic E-state index is -0.394. The van der Waals surface area contributed by atoms with Crippen molar-refractivity contribution in [1.82, 2.24) is 5.32 Å². The van der Waals surface area contributed by atoms with Crippen LogP contribution in [0.15, 0.2) is 72.8 Å². The Morgan fingerprint density at radius 1 is 0.897 bits per heavy atom. The number of methoxy groups -OCH3 is 1. The number of para-hydroxylation sites is 1. The molecule has 0 heterocycles. The molecule has 0 aliphatic carbocycles. The summed E-state index contributed by atoms with van der Waals surface area (Å²) in [6.45, 7) is 0.178. The van der Waals surface area contributed by atoms with Gasteiger partial charge >= 0.3 is 0 Å². The zero-order valence-corrected chi connectivity index (χ0v) is 15.9. The van der Waals surface area contributed by atoms with E-state index in [-0.39, 0.29) is 18.3 Å². The summed E-state index contributed by atoms with van der Waals surface area (Å²) in [5, 5.41) is 2.77. The summed E-state index contributed by atoms with van der Waals surface area (Å²) in [7, 11) is 1.58. The van der Waals surface area contributed by atoms with Gasteiger partial charge in [-0.25, -0.2) is 4.39 Å². The highest BCUT2D eigenvalue weighted by atomic mass is 19.1. The van der Waals surface area contributed by atoms with Crippen LogP contribution in [0.2, 0.25) is 0 Å². The third-order valence-electron chi connectivity index (χ3n) is 4.26. The lowest BCUT2D eigenvalue weighted by molar-refractivity contribution is -0.123. The summed E-state index contributed by atoms with van der Waals surface area (Å²) in [4.78, 5) is 24.4. The number of carbonyl (C=O) groups is 2. The first-order valence-electron chi connectivity index (χ1n) is 8.98. The third-order valence-corrected chi connectivity index (χ3v) is 4.26. The third kappa shape index (κ3) is 5.42. The van der Waals surface area contributed by atoms with Gasteiger partial charge in [0.2, 0.25) is 0 Å². The van der Waals surface area contributed by atoms with E-state index in [1.54, 1.807) is 31.4 Å². The molecule has 3 aromatic rings. The quantitative estimate of drug-likeness (QED) is 0.592. The second-order valence-corrected chi connectivity index (χ2v) is 6.24. The normalized spacial score (nSPS) is 10.3. The highest BCUT2D eigenvalue weighted by molar-refractivity contribution is 6.09. The standard InChI is InChI=1S/C23H20FNO4/c1-28-21-5-3-2-4-18(21)14-25-22(26)15-29-20-12-8-17(9-13-20)23(27)16-6-10-19(24)11-7-16/h2-13H,14-15H2,1H3,(H,25,26). The average molecular weight is 393 g/mol. The molecule has 0 spiro atoms. The van der Waals surface area contributed by atoms with Crippen molar-refractivity contribution >= 4 is 11.7 Å². The van der Waals surface area contributed by atoms with Crippen LogP contribution < -0.4 is 14.8 Å². The van der Waals surface area contributed by atoms with Crippen molar-refractivity contribution in [2.45, 2.75) is 6.54 Å². The molecule has 148 valence electrons. The molecule has 0 radical (unpaired) electrons. The lowest BCUT2D eigenvalue weighted by Crippen LogP contribution is -2.28. The Balaban J connectivity index is 1.51. The zero-order valence-electron chi connectivity index (χ0n) is 15.9. The molecule has 6 heteroatoms. The van der Waals surface area contributed by atoms with Gasteiger partial charge in [0, 0.05) is 23.2 Å². The summed E-state index contributed by atoms with van der Waals surface area (Å²) < 4.78 is 23.7. The predicted molar refractivity (Wildman–Crippen MR) is 107 cm³/mol. The van der Waals surface area contributed by atoms with E-state index in [0.717, 1.165) is 5.56 Å². The first-order chi connectivity index (χ1) is 14.1. The monoisotopic (exact) mass is 393 g/mol. The molecule has 0 bridgehead atoms. The van der Waals surface area contributed by atoms with Gasteiger partial charge < -0.3 is 14.8 Å². The zero-order chi connectivity index (χ0) is 20.6. The second kappa shape index (κ2) is 9.50. The highest BCUT2D eigenvalue weighted by Crippen LogP contribution is 2.17. The Morgan fingerprint density at radius 3 is 2.17 bits per heavy atom. The van der Waals surface area contributed by atoms with Gasteiger partial charge in [-0.05, 0) is 54.6 Å². The van der Waals surface area contributed by atoms with E-state index >= 15 is 0 Å². The van der Waals surface area contributed by atoms with Gasteiger partial charge in [-0.1, -0.05) is 18.2 Å². The Kier molecular flexibility index (Phi) is 6.58. The smallest absolute Gasteiger partial charge is 0.258 e. The molecule has 0 aliphatic rings. The molecule has 5 nitrogen and oxygen atoms in total. The minimum absolute atomic E-state index is 0.152. The SMILES string of the molecule is COc1ccccc1CNC(=O)COc1ccc(C(=O)c2ccc(F)cc2)cc1. The molecule has 0 saturated heterocycles. The maximum atomic E-state index is 13.0. The van der Waals surface area contributed by atoms with Crippen LogP contribution in [-0.4, -0.2) is 25.4 Å². The van der Waals surface area contributed by atoms with Crippen LogP contribution in [0.1, 0.15) is 21.5 Å².